The number of Topliss-reactive ketones (excluding diaryl/α,β-unsaturated/α-hetero) is 1. The van der Waals surface area contributed by atoms with E-state index in [9.17, 15) is 19.8 Å². The Morgan fingerprint density at radius 2 is 2.09 bits per heavy atom. The number of hydrogen-bond donors (Lipinski definition) is 2. The van der Waals surface area contributed by atoms with Crippen LogP contribution in [0.5, 0.6) is 0 Å². The third-order valence-corrected chi connectivity index (χ3v) is 4.30. The predicted molar refractivity (Wildman–Crippen MR) is 86.5 cm³/mol. The second-order valence-corrected chi connectivity index (χ2v) is 6.31. The van der Waals surface area contributed by atoms with E-state index in [0.29, 0.717) is 24.0 Å². The van der Waals surface area contributed by atoms with E-state index >= 15 is 0 Å². The van der Waals surface area contributed by atoms with Gasteiger partial charge in [-0.2, -0.15) is 0 Å². The van der Waals surface area contributed by atoms with Gasteiger partial charge in [0.15, 0.2) is 5.78 Å². The minimum absolute atomic E-state index is 0.0223. The van der Waals surface area contributed by atoms with Crippen molar-refractivity contribution < 1.29 is 19.8 Å². The molecule has 4 heteroatoms. The molecule has 0 aromatic carbocycles. The van der Waals surface area contributed by atoms with Gasteiger partial charge in [-0.1, -0.05) is 23.8 Å². The lowest BCUT2D eigenvalue weighted by Crippen LogP contribution is -2.34. The van der Waals surface area contributed by atoms with Gasteiger partial charge in [-0.3, -0.25) is 9.59 Å². The highest BCUT2D eigenvalue weighted by Crippen LogP contribution is 2.40. The second kappa shape index (κ2) is 7.54. The molecule has 0 aliphatic heterocycles. The summed E-state index contributed by atoms with van der Waals surface area (Å²) in [6.45, 7) is 7.06. The molecule has 1 rings (SSSR count). The summed E-state index contributed by atoms with van der Waals surface area (Å²) in [5.74, 6) is -0.871. The first-order valence-corrected chi connectivity index (χ1v) is 7.69. The van der Waals surface area contributed by atoms with Gasteiger partial charge in [0.2, 0.25) is 0 Å². The highest BCUT2D eigenvalue weighted by Gasteiger charge is 2.41. The maximum absolute atomic E-state index is 11.9. The van der Waals surface area contributed by atoms with Crippen LogP contribution < -0.4 is 0 Å². The second-order valence-electron chi connectivity index (χ2n) is 6.31. The lowest BCUT2D eigenvalue weighted by molar-refractivity contribution is -0.146. The molecule has 0 radical (unpaired) electrons. The van der Waals surface area contributed by atoms with Gasteiger partial charge in [0.1, 0.15) is 0 Å². The summed E-state index contributed by atoms with van der Waals surface area (Å²) in [5.41, 5.74) is 1.13. The van der Waals surface area contributed by atoms with Crippen molar-refractivity contribution in [2.45, 2.75) is 59.5 Å². The molecule has 0 fully saturated rings. The van der Waals surface area contributed by atoms with E-state index in [2.05, 4.69) is 0 Å². The van der Waals surface area contributed by atoms with Crippen LogP contribution in [0.2, 0.25) is 0 Å². The molecule has 1 aliphatic rings. The lowest BCUT2D eigenvalue weighted by Gasteiger charge is -2.31. The van der Waals surface area contributed by atoms with Crippen LogP contribution in [-0.2, 0) is 9.59 Å². The van der Waals surface area contributed by atoms with Crippen molar-refractivity contribution in [3.63, 3.8) is 0 Å². The van der Waals surface area contributed by atoms with Gasteiger partial charge in [-0.15, -0.1) is 0 Å². The molecule has 2 N–H and O–H groups in total. The zero-order valence-corrected chi connectivity index (χ0v) is 13.8. The van der Waals surface area contributed by atoms with Crippen LogP contribution in [-0.4, -0.2) is 28.1 Å². The highest BCUT2D eigenvalue weighted by molar-refractivity contribution is 6.00. The summed E-state index contributed by atoms with van der Waals surface area (Å²) in [6.07, 6.45) is 7.36. The van der Waals surface area contributed by atoms with Crippen LogP contribution in [0.15, 0.2) is 34.9 Å². The monoisotopic (exact) mass is 306 g/mol. The van der Waals surface area contributed by atoms with E-state index in [1.54, 1.807) is 26.8 Å². The van der Waals surface area contributed by atoms with Gasteiger partial charge in [0.25, 0.3) is 0 Å². The maximum Gasteiger partial charge on any atom is 0.313 e. The molecule has 0 saturated heterocycles. The standard InChI is InChI=1S/C18H26O4/c1-12(6-5-7-13(2)19)8-9-15-14(3)16(20)10-11-18(15,4)17(21)22/h6,8-9,13,19H,5,7,10-11H2,1-4H3,(H,21,22)/b9-8+,12-6+. The van der Waals surface area contributed by atoms with E-state index < -0.39 is 11.4 Å². The minimum atomic E-state index is -1.01. The average Bonchev–Trinajstić information content (AvgIpc) is 2.42. The van der Waals surface area contributed by atoms with Crippen molar-refractivity contribution in [1.29, 1.82) is 0 Å². The van der Waals surface area contributed by atoms with Crippen molar-refractivity contribution in [3.05, 3.63) is 34.9 Å². The third kappa shape index (κ3) is 4.41. The first-order valence-electron chi connectivity index (χ1n) is 7.69. The first-order chi connectivity index (χ1) is 10.2. The average molecular weight is 306 g/mol. The number of aliphatic hydroxyl groups is 1. The Morgan fingerprint density at radius 3 is 2.64 bits per heavy atom. The minimum Gasteiger partial charge on any atom is -0.481 e. The van der Waals surface area contributed by atoms with Gasteiger partial charge in [-0.05, 0) is 58.1 Å². The van der Waals surface area contributed by atoms with Gasteiger partial charge in [0, 0.05) is 6.42 Å². The van der Waals surface area contributed by atoms with E-state index in [0.717, 1.165) is 12.0 Å². The molecule has 0 bridgehead atoms. The van der Waals surface area contributed by atoms with E-state index in [4.69, 9.17) is 0 Å². The molecule has 22 heavy (non-hydrogen) atoms. The molecule has 1 aliphatic carbocycles. The van der Waals surface area contributed by atoms with Crippen LogP contribution in [0, 0.1) is 5.41 Å². The highest BCUT2D eigenvalue weighted by atomic mass is 16.4. The SMILES string of the molecule is CC1=C(/C=C/C(C)=C/CCC(C)O)C(C)(C(=O)O)CCC1=O. The molecule has 0 saturated carbocycles. The van der Waals surface area contributed by atoms with Crippen LogP contribution in [0.25, 0.3) is 0 Å². The summed E-state index contributed by atoms with van der Waals surface area (Å²) >= 11 is 0. The Labute approximate surface area is 132 Å². The molecule has 0 heterocycles. The van der Waals surface area contributed by atoms with Crippen LogP contribution in [0.3, 0.4) is 0 Å². The van der Waals surface area contributed by atoms with E-state index in [-0.39, 0.29) is 18.3 Å². The van der Waals surface area contributed by atoms with Gasteiger partial charge in [-0.25, -0.2) is 0 Å². The van der Waals surface area contributed by atoms with Gasteiger partial charge >= 0.3 is 5.97 Å². The molecule has 0 spiro atoms. The molecular weight excluding hydrogens is 280 g/mol. The zero-order valence-electron chi connectivity index (χ0n) is 13.8. The van der Waals surface area contributed by atoms with E-state index in [1.807, 2.05) is 19.1 Å². The van der Waals surface area contributed by atoms with E-state index in [1.165, 1.54) is 0 Å². The fraction of sp³-hybridized carbons (Fsp3) is 0.556. The summed E-state index contributed by atoms with van der Waals surface area (Å²) < 4.78 is 0. The predicted octanol–water partition coefficient (Wildman–Crippen LogP) is 3.42. The molecule has 0 aromatic heterocycles. The molecular formula is C18H26O4. The number of ketones is 1. The zero-order chi connectivity index (χ0) is 16.9. The summed E-state index contributed by atoms with van der Waals surface area (Å²) in [7, 11) is 0. The molecule has 2 atom stereocenters. The number of carbonyl (C=O) groups is 2. The molecule has 0 aromatic rings. The Bertz CT molecular complexity index is 537. The van der Waals surface area contributed by atoms with Crippen molar-refractivity contribution >= 4 is 11.8 Å². The first kappa shape index (κ1) is 18.4. The van der Waals surface area contributed by atoms with Crippen molar-refractivity contribution in [1.82, 2.24) is 0 Å². The molecule has 2 unspecified atom stereocenters. The summed E-state index contributed by atoms with van der Waals surface area (Å²) in [4.78, 5) is 23.5. The molecule has 4 nitrogen and oxygen atoms in total. The molecule has 0 amide bonds. The molecule has 122 valence electrons. The summed E-state index contributed by atoms with van der Waals surface area (Å²) in [5, 5.41) is 18.8. The third-order valence-electron chi connectivity index (χ3n) is 4.30. The lowest BCUT2D eigenvalue weighted by atomic mass is 9.70. The largest absolute Gasteiger partial charge is 0.481 e. The number of aliphatic carboxylic acids is 1. The van der Waals surface area contributed by atoms with Crippen LogP contribution in [0.4, 0.5) is 0 Å². The fourth-order valence-corrected chi connectivity index (χ4v) is 2.62. The Morgan fingerprint density at radius 1 is 1.45 bits per heavy atom. The number of carbonyl (C=O) groups excluding carboxylic acids is 1. The quantitative estimate of drug-likeness (QED) is 0.737. The van der Waals surface area contributed by atoms with Gasteiger partial charge in [0.05, 0.1) is 11.5 Å². The normalized spacial score (nSPS) is 25.0. The van der Waals surface area contributed by atoms with Crippen molar-refractivity contribution in [2.24, 2.45) is 5.41 Å². The number of hydrogen-bond acceptors (Lipinski definition) is 3. The number of aliphatic hydroxyl groups excluding tert-OH is 1. The number of carboxylic acids is 1. The van der Waals surface area contributed by atoms with Crippen LogP contribution in [0.1, 0.15) is 53.4 Å². The fourth-order valence-electron chi connectivity index (χ4n) is 2.62. The van der Waals surface area contributed by atoms with Crippen LogP contribution >= 0.6 is 0 Å². The van der Waals surface area contributed by atoms with Gasteiger partial charge < -0.3 is 10.2 Å². The Kier molecular flexibility index (Phi) is 6.30. The topological polar surface area (TPSA) is 74.6 Å². The maximum atomic E-state index is 11.9. The number of allylic oxidation sites excluding steroid dienone is 5. The Hall–Kier alpha value is -1.68. The van der Waals surface area contributed by atoms with Crippen molar-refractivity contribution in [2.75, 3.05) is 0 Å². The van der Waals surface area contributed by atoms with Crippen molar-refractivity contribution in [3.8, 4) is 0 Å². The number of rotatable bonds is 6. The number of carboxylic acid groups (broad SMARTS) is 1. The summed E-state index contributed by atoms with van der Waals surface area (Å²) in [6, 6.07) is 0. The smallest absolute Gasteiger partial charge is 0.313 e. The Balaban J connectivity index is 3.00.